The van der Waals surface area contributed by atoms with E-state index >= 15 is 0 Å². The molecule has 1 aliphatic heterocycles. The number of hydrogen-bond acceptors (Lipinski definition) is 3. The Kier molecular flexibility index (Phi) is 3.87. The molecule has 0 aromatic carbocycles. The van der Waals surface area contributed by atoms with Gasteiger partial charge in [-0.15, -0.1) is 0 Å². The number of carbonyl (C=O) groups is 1. The molecule has 0 aromatic heterocycles. The van der Waals surface area contributed by atoms with Crippen LogP contribution in [0.5, 0.6) is 0 Å². The second-order valence-corrected chi connectivity index (χ2v) is 2.88. The van der Waals surface area contributed by atoms with E-state index in [1.165, 1.54) is 5.01 Å². The maximum atomic E-state index is 11.2. The summed E-state index contributed by atoms with van der Waals surface area (Å²) in [6, 6.07) is 0. The Morgan fingerprint density at radius 2 is 2.50 bits per heavy atom. The molecule has 1 fully saturated rings. The lowest BCUT2D eigenvalue weighted by Crippen LogP contribution is -2.37. The minimum atomic E-state index is -0.235. The molecule has 1 aliphatic rings. The predicted octanol–water partition coefficient (Wildman–Crippen LogP) is 1.13. The van der Waals surface area contributed by atoms with Gasteiger partial charge in [0, 0.05) is 13.1 Å². The summed E-state index contributed by atoms with van der Waals surface area (Å²) in [5, 5.41) is 1.54. The van der Waals surface area contributed by atoms with E-state index in [4.69, 9.17) is 4.74 Å². The summed E-state index contributed by atoms with van der Waals surface area (Å²) in [5.41, 5.74) is 2.94. The molecule has 12 heavy (non-hydrogen) atoms. The quantitative estimate of drug-likeness (QED) is 0.649. The highest BCUT2D eigenvalue weighted by atomic mass is 16.6. The summed E-state index contributed by atoms with van der Waals surface area (Å²) in [6.07, 6.45) is 2.78. The van der Waals surface area contributed by atoms with Crippen LogP contribution >= 0.6 is 0 Å². The molecule has 1 rings (SSSR count). The van der Waals surface area contributed by atoms with Gasteiger partial charge in [0.1, 0.15) is 0 Å². The van der Waals surface area contributed by atoms with Crippen molar-refractivity contribution in [1.82, 2.24) is 10.4 Å². The van der Waals surface area contributed by atoms with Crippen LogP contribution in [0.15, 0.2) is 0 Å². The van der Waals surface area contributed by atoms with Crippen LogP contribution in [-0.2, 0) is 4.74 Å². The fraction of sp³-hybridized carbons (Fsp3) is 0.875. The Hall–Kier alpha value is -0.770. The summed E-state index contributed by atoms with van der Waals surface area (Å²) in [4.78, 5) is 11.2. The van der Waals surface area contributed by atoms with Crippen molar-refractivity contribution in [2.75, 3.05) is 19.7 Å². The number of nitrogens with one attached hydrogen (secondary N) is 1. The highest BCUT2D eigenvalue weighted by Crippen LogP contribution is 1.99. The third-order valence-electron chi connectivity index (χ3n) is 1.80. The summed E-state index contributed by atoms with van der Waals surface area (Å²) >= 11 is 0. The monoisotopic (exact) mass is 172 g/mol. The molecule has 0 spiro atoms. The largest absolute Gasteiger partial charge is 0.448 e. The minimum Gasteiger partial charge on any atom is -0.448 e. The van der Waals surface area contributed by atoms with Gasteiger partial charge in [0.15, 0.2) is 0 Å². The molecule has 1 heterocycles. The van der Waals surface area contributed by atoms with Crippen LogP contribution in [0.4, 0.5) is 4.79 Å². The van der Waals surface area contributed by atoms with Gasteiger partial charge in [-0.3, -0.25) is 0 Å². The summed E-state index contributed by atoms with van der Waals surface area (Å²) < 4.78 is 4.99. The zero-order valence-corrected chi connectivity index (χ0v) is 7.51. The van der Waals surface area contributed by atoms with E-state index in [9.17, 15) is 4.79 Å². The lowest BCUT2D eigenvalue weighted by Gasteiger charge is -2.14. The minimum absolute atomic E-state index is 0.235. The van der Waals surface area contributed by atoms with Gasteiger partial charge in [-0.1, -0.05) is 13.3 Å². The summed E-state index contributed by atoms with van der Waals surface area (Å²) in [5.74, 6) is 0. The number of rotatable bonds is 3. The Morgan fingerprint density at radius 1 is 1.67 bits per heavy atom. The first-order chi connectivity index (χ1) is 5.84. The van der Waals surface area contributed by atoms with Gasteiger partial charge >= 0.3 is 6.09 Å². The molecule has 0 saturated carbocycles. The Balaban J connectivity index is 2.10. The van der Waals surface area contributed by atoms with Crippen molar-refractivity contribution < 1.29 is 9.53 Å². The van der Waals surface area contributed by atoms with Crippen LogP contribution < -0.4 is 5.43 Å². The molecular weight excluding hydrogens is 156 g/mol. The Morgan fingerprint density at radius 3 is 3.08 bits per heavy atom. The average Bonchev–Trinajstić information content (AvgIpc) is 2.56. The predicted molar refractivity (Wildman–Crippen MR) is 45.6 cm³/mol. The van der Waals surface area contributed by atoms with Crippen molar-refractivity contribution in [1.29, 1.82) is 0 Å². The van der Waals surface area contributed by atoms with E-state index in [1.807, 2.05) is 0 Å². The van der Waals surface area contributed by atoms with Crippen LogP contribution in [-0.4, -0.2) is 30.8 Å². The van der Waals surface area contributed by atoms with E-state index in [0.29, 0.717) is 6.61 Å². The number of hydrazine groups is 1. The average molecular weight is 172 g/mol. The second-order valence-electron chi connectivity index (χ2n) is 2.88. The van der Waals surface area contributed by atoms with Crippen molar-refractivity contribution in [2.45, 2.75) is 26.2 Å². The lowest BCUT2D eigenvalue weighted by molar-refractivity contribution is 0.0950. The number of nitrogens with zero attached hydrogens (tertiary/aromatic N) is 1. The molecule has 1 amide bonds. The second kappa shape index (κ2) is 4.98. The normalized spacial score (nSPS) is 16.6. The first-order valence-electron chi connectivity index (χ1n) is 4.52. The highest BCUT2D eigenvalue weighted by molar-refractivity contribution is 5.67. The van der Waals surface area contributed by atoms with Gasteiger partial charge in [-0.2, -0.15) is 0 Å². The molecule has 0 radical (unpaired) electrons. The highest BCUT2D eigenvalue weighted by Gasteiger charge is 2.17. The van der Waals surface area contributed by atoms with Gasteiger partial charge in [-0.25, -0.2) is 15.2 Å². The molecule has 0 bridgehead atoms. The van der Waals surface area contributed by atoms with Gasteiger partial charge in [0.25, 0.3) is 0 Å². The van der Waals surface area contributed by atoms with Crippen LogP contribution in [0.25, 0.3) is 0 Å². The Labute approximate surface area is 72.8 Å². The van der Waals surface area contributed by atoms with Crippen molar-refractivity contribution in [3.8, 4) is 0 Å². The van der Waals surface area contributed by atoms with Gasteiger partial charge in [0.05, 0.1) is 6.61 Å². The maximum absolute atomic E-state index is 11.2. The number of amides is 1. The molecule has 4 nitrogen and oxygen atoms in total. The first kappa shape index (κ1) is 9.32. The van der Waals surface area contributed by atoms with Crippen molar-refractivity contribution >= 4 is 6.09 Å². The maximum Gasteiger partial charge on any atom is 0.424 e. The standard InChI is InChI=1S/C8H16N2O2/c1-2-3-7-12-8(11)10-6-4-5-9-10/h9H,2-7H2,1H3. The molecule has 0 atom stereocenters. The molecule has 0 aliphatic carbocycles. The number of unbranched alkanes of at least 4 members (excludes halogenated alkanes) is 1. The van der Waals surface area contributed by atoms with Crippen molar-refractivity contribution in [3.05, 3.63) is 0 Å². The summed E-state index contributed by atoms with van der Waals surface area (Å²) in [6.45, 7) is 4.25. The van der Waals surface area contributed by atoms with Crippen LogP contribution in [0.2, 0.25) is 0 Å². The van der Waals surface area contributed by atoms with Gasteiger partial charge < -0.3 is 4.74 Å². The number of carbonyl (C=O) groups excluding carboxylic acids is 1. The van der Waals surface area contributed by atoms with Crippen LogP contribution in [0.1, 0.15) is 26.2 Å². The molecule has 70 valence electrons. The fourth-order valence-electron chi connectivity index (χ4n) is 1.07. The zero-order valence-electron chi connectivity index (χ0n) is 7.51. The SMILES string of the molecule is CCCCOC(=O)N1CCCN1. The third kappa shape index (κ3) is 2.70. The van der Waals surface area contributed by atoms with E-state index < -0.39 is 0 Å². The Bertz CT molecular complexity index is 144. The van der Waals surface area contributed by atoms with Gasteiger partial charge in [0.2, 0.25) is 0 Å². The first-order valence-corrected chi connectivity index (χ1v) is 4.52. The van der Waals surface area contributed by atoms with E-state index in [0.717, 1.165) is 32.4 Å². The molecule has 4 heteroatoms. The number of hydrogen-bond donors (Lipinski definition) is 1. The van der Waals surface area contributed by atoms with Crippen LogP contribution in [0, 0.1) is 0 Å². The fourth-order valence-corrected chi connectivity index (χ4v) is 1.07. The summed E-state index contributed by atoms with van der Waals surface area (Å²) in [7, 11) is 0. The van der Waals surface area contributed by atoms with Crippen molar-refractivity contribution in [2.24, 2.45) is 0 Å². The molecule has 1 saturated heterocycles. The molecule has 0 aromatic rings. The molecular formula is C8H16N2O2. The molecule has 1 N–H and O–H groups in total. The topological polar surface area (TPSA) is 41.6 Å². The van der Waals surface area contributed by atoms with Crippen LogP contribution in [0.3, 0.4) is 0 Å². The van der Waals surface area contributed by atoms with E-state index in [2.05, 4.69) is 12.3 Å². The number of ether oxygens (including phenoxy) is 1. The van der Waals surface area contributed by atoms with Gasteiger partial charge in [-0.05, 0) is 12.8 Å². The van der Waals surface area contributed by atoms with E-state index in [-0.39, 0.29) is 6.09 Å². The lowest BCUT2D eigenvalue weighted by atomic mass is 10.4. The molecule has 0 unspecified atom stereocenters. The van der Waals surface area contributed by atoms with E-state index in [1.54, 1.807) is 0 Å². The smallest absolute Gasteiger partial charge is 0.424 e. The van der Waals surface area contributed by atoms with Crippen molar-refractivity contribution in [3.63, 3.8) is 0 Å². The zero-order chi connectivity index (χ0) is 8.81. The third-order valence-corrected chi connectivity index (χ3v) is 1.80.